The van der Waals surface area contributed by atoms with E-state index in [9.17, 15) is 4.79 Å². The van der Waals surface area contributed by atoms with Gasteiger partial charge in [-0.3, -0.25) is 10.2 Å². The average Bonchev–Trinajstić information content (AvgIpc) is 2.90. The molecule has 1 aromatic carbocycles. The number of carbonyl (C=O) groups excluding carboxylic acids is 1. The van der Waals surface area contributed by atoms with E-state index in [-0.39, 0.29) is 11.9 Å². The highest BCUT2D eigenvalue weighted by molar-refractivity contribution is 5.82. The number of aryl methyl sites for hydroxylation is 2. The van der Waals surface area contributed by atoms with Gasteiger partial charge in [0.15, 0.2) is 0 Å². The highest BCUT2D eigenvalue weighted by Gasteiger charge is 2.29. The normalized spacial score (nSPS) is 20.7. The van der Waals surface area contributed by atoms with Crippen LogP contribution in [0.25, 0.3) is 0 Å². The minimum atomic E-state index is -0.153. The molecule has 1 saturated heterocycles. The Kier molecular flexibility index (Phi) is 6.42. The number of carbonyl (C=O) groups is 1. The van der Waals surface area contributed by atoms with Crippen LogP contribution in [0.15, 0.2) is 18.2 Å². The topological polar surface area (TPSA) is 62.4 Å². The molecule has 1 fully saturated rings. The zero-order chi connectivity index (χ0) is 16.8. The minimum Gasteiger partial charge on any atom is -0.492 e. The number of benzene rings is 1. The fraction of sp³-hybridized carbons (Fsp3) is 0.611. The Labute approximate surface area is 139 Å². The van der Waals surface area contributed by atoms with Crippen molar-refractivity contribution in [1.29, 1.82) is 0 Å². The number of hydrogen-bond acceptors (Lipinski definition) is 4. The van der Waals surface area contributed by atoms with Crippen molar-refractivity contribution in [2.75, 3.05) is 13.2 Å². The van der Waals surface area contributed by atoms with Crippen LogP contribution in [0.4, 0.5) is 0 Å². The van der Waals surface area contributed by atoms with Crippen LogP contribution in [0.1, 0.15) is 37.8 Å². The van der Waals surface area contributed by atoms with Crippen molar-refractivity contribution in [2.24, 2.45) is 5.92 Å². The highest BCUT2D eigenvalue weighted by Crippen LogP contribution is 2.16. The van der Waals surface area contributed by atoms with Gasteiger partial charge in [0.05, 0.1) is 6.54 Å². The van der Waals surface area contributed by atoms with Gasteiger partial charge >= 0.3 is 0 Å². The summed E-state index contributed by atoms with van der Waals surface area (Å²) in [4.78, 5) is 12.1. The summed E-state index contributed by atoms with van der Waals surface area (Å²) in [6.07, 6.45) is 1.91. The lowest BCUT2D eigenvalue weighted by Crippen LogP contribution is -2.44. The van der Waals surface area contributed by atoms with Crippen LogP contribution in [0, 0.1) is 19.8 Å². The molecular weight excluding hydrogens is 290 g/mol. The molecule has 0 aliphatic carbocycles. The van der Waals surface area contributed by atoms with Crippen LogP contribution in [0.3, 0.4) is 0 Å². The predicted octanol–water partition coefficient (Wildman–Crippen LogP) is 2.08. The van der Waals surface area contributed by atoms with E-state index < -0.39 is 0 Å². The van der Waals surface area contributed by atoms with Crippen LogP contribution in [-0.2, 0) is 4.79 Å². The molecule has 0 bridgehead atoms. The molecule has 2 unspecified atom stereocenters. The number of hydrazine groups is 1. The van der Waals surface area contributed by atoms with Crippen LogP contribution < -0.4 is 20.9 Å². The molecule has 1 heterocycles. The molecule has 2 atom stereocenters. The second kappa shape index (κ2) is 8.31. The summed E-state index contributed by atoms with van der Waals surface area (Å²) < 4.78 is 5.70. The Hall–Kier alpha value is -1.59. The standard InChI is InChI=1S/C18H29N3O2/c1-12(2)7-15-11-17(21-20-15)18(22)19-5-6-23-16-9-13(3)8-14(4)10-16/h8-10,12,15,17,20-21H,5-7,11H2,1-4H3,(H,19,22). The molecule has 5 heteroatoms. The first-order valence-corrected chi connectivity index (χ1v) is 8.44. The number of amides is 1. The minimum absolute atomic E-state index is 0.0350. The predicted molar refractivity (Wildman–Crippen MR) is 92.3 cm³/mol. The lowest BCUT2D eigenvalue weighted by atomic mass is 10.00. The third-order valence-corrected chi connectivity index (χ3v) is 3.92. The molecule has 3 N–H and O–H groups in total. The molecule has 1 aliphatic rings. The first kappa shape index (κ1) is 17.8. The van der Waals surface area contributed by atoms with Crippen LogP contribution in [-0.4, -0.2) is 31.1 Å². The fourth-order valence-electron chi connectivity index (χ4n) is 3.00. The van der Waals surface area contributed by atoms with Gasteiger partial charge in [-0.25, -0.2) is 5.43 Å². The molecule has 128 valence electrons. The van der Waals surface area contributed by atoms with E-state index in [1.807, 2.05) is 26.0 Å². The van der Waals surface area contributed by atoms with E-state index in [0.717, 1.165) is 18.6 Å². The SMILES string of the molecule is Cc1cc(C)cc(OCCNC(=O)C2CC(CC(C)C)NN2)c1. The van der Waals surface area contributed by atoms with Gasteiger partial charge in [-0.1, -0.05) is 19.9 Å². The van der Waals surface area contributed by atoms with Gasteiger partial charge in [-0.15, -0.1) is 0 Å². The van der Waals surface area contributed by atoms with Crippen molar-refractivity contribution in [1.82, 2.24) is 16.2 Å². The maximum atomic E-state index is 12.1. The van der Waals surface area contributed by atoms with Gasteiger partial charge in [0.1, 0.15) is 18.4 Å². The summed E-state index contributed by atoms with van der Waals surface area (Å²) in [5.74, 6) is 1.52. The van der Waals surface area contributed by atoms with Gasteiger partial charge in [0.25, 0.3) is 0 Å². The van der Waals surface area contributed by atoms with E-state index in [4.69, 9.17) is 4.74 Å². The number of rotatable bonds is 7. The fourth-order valence-corrected chi connectivity index (χ4v) is 3.00. The summed E-state index contributed by atoms with van der Waals surface area (Å²) in [6, 6.07) is 6.35. The van der Waals surface area contributed by atoms with Crippen LogP contribution in [0.5, 0.6) is 5.75 Å². The number of ether oxygens (including phenoxy) is 1. The zero-order valence-corrected chi connectivity index (χ0v) is 14.6. The maximum Gasteiger partial charge on any atom is 0.238 e. The summed E-state index contributed by atoms with van der Waals surface area (Å²) in [5.41, 5.74) is 8.65. The summed E-state index contributed by atoms with van der Waals surface area (Å²) in [5, 5.41) is 2.93. The molecule has 0 radical (unpaired) electrons. The average molecular weight is 319 g/mol. The largest absolute Gasteiger partial charge is 0.492 e. The van der Waals surface area contributed by atoms with Crippen molar-refractivity contribution >= 4 is 5.91 Å². The second-order valence-electron chi connectivity index (χ2n) is 6.87. The third kappa shape index (κ3) is 5.84. The second-order valence-corrected chi connectivity index (χ2v) is 6.87. The smallest absolute Gasteiger partial charge is 0.238 e. The monoisotopic (exact) mass is 319 g/mol. The van der Waals surface area contributed by atoms with Crippen LogP contribution in [0.2, 0.25) is 0 Å². The molecule has 1 aromatic rings. The van der Waals surface area contributed by atoms with E-state index in [0.29, 0.717) is 25.1 Å². The van der Waals surface area contributed by atoms with Crippen LogP contribution >= 0.6 is 0 Å². The quantitative estimate of drug-likeness (QED) is 0.673. The van der Waals surface area contributed by atoms with E-state index >= 15 is 0 Å². The summed E-state index contributed by atoms with van der Waals surface area (Å²) in [6.45, 7) is 9.48. The van der Waals surface area contributed by atoms with Crippen molar-refractivity contribution in [3.8, 4) is 5.75 Å². The van der Waals surface area contributed by atoms with Gasteiger partial charge in [-0.2, -0.15) is 0 Å². The number of nitrogens with one attached hydrogen (secondary N) is 3. The Morgan fingerprint density at radius 2 is 1.96 bits per heavy atom. The summed E-state index contributed by atoms with van der Waals surface area (Å²) in [7, 11) is 0. The molecule has 5 nitrogen and oxygen atoms in total. The molecule has 1 aliphatic heterocycles. The van der Waals surface area contributed by atoms with E-state index in [1.165, 1.54) is 11.1 Å². The summed E-state index contributed by atoms with van der Waals surface area (Å²) >= 11 is 0. The first-order valence-electron chi connectivity index (χ1n) is 8.44. The molecule has 0 saturated carbocycles. The lowest BCUT2D eigenvalue weighted by Gasteiger charge is -2.12. The lowest BCUT2D eigenvalue weighted by molar-refractivity contribution is -0.123. The molecule has 23 heavy (non-hydrogen) atoms. The third-order valence-electron chi connectivity index (χ3n) is 3.92. The first-order chi connectivity index (χ1) is 10.9. The van der Waals surface area contributed by atoms with E-state index in [1.54, 1.807) is 0 Å². The molecular formula is C18H29N3O2. The van der Waals surface area contributed by atoms with Gasteiger partial charge in [-0.05, 0) is 55.9 Å². The molecule has 1 amide bonds. The molecule has 0 aromatic heterocycles. The Morgan fingerprint density at radius 3 is 2.61 bits per heavy atom. The Morgan fingerprint density at radius 1 is 1.26 bits per heavy atom. The Balaban J connectivity index is 1.67. The Bertz CT molecular complexity index is 511. The zero-order valence-electron chi connectivity index (χ0n) is 14.6. The molecule has 2 rings (SSSR count). The number of hydrogen-bond donors (Lipinski definition) is 3. The van der Waals surface area contributed by atoms with Crippen molar-refractivity contribution in [3.63, 3.8) is 0 Å². The van der Waals surface area contributed by atoms with Crippen molar-refractivity contribution < 1.29 is 9.53 Å². The maximum absolute atomic E-state index is 12.1. The van der Waals surface area contributed by atoms with Gasteiger partial charge < -0.3 is 10.1 Å². The van der Waals surface area contributed by atoms with Gasteiger partial charge in [0, 0.05) is 6.04 Å². The van der Waals surface area contributed by atoms with E-state index in [2.05, 4.69) is 36.1 Å². The highest BCUT2D eigenvalue weighted by atomic mass is 16.5. The van der Waals surface area contributed by atoms with Crippen molar-refractivity contribution in [3.05, 3.63) is 29.3 Å². The van der Waals surface area contributed by atoms with Gasteiger partial charge in [0.2, 0.25) is 5.91 Å². The molecule has 0 spiro atoms. The van der Waals surface area contributed by atoms with Crippen molar-refractivity contribution in [2.45, 2.75) is 52.6 Å².